The highest BCUT2D eigenvalue weighted by molar-refractivity contribution is 5.92. The Kier molecular flexibility index (Phi) is 5.57. The van der Waals surface area contributed by atoms with Gasteiger partial charge >= 0.3 is 6.18 Å². The Morgan fingerprint density at radius 1 is 1.43 bits per heavy atom. The summed E-state index contributed by atoms with van der Waals surface area (Å²) in [7, 11) is 0. The van der Waals surface area contributed by atoms with Crippen molar-refractivity contribution in [3.63, 3.8) is 0 Å². The molecule has 0 unspecified atom stereocenters. The van der Waals surface area contributed by atoms with Gasteiger partial charge in [0.2, 0.25) is 11.8 Å². The second kappa shape index (κ2) is 7.91. The van der Waals surface area contributed by atoms with Crippen molar-refractivity contribution >= 4 is 11.8 Å². The summed E-state index contributed by atoms with van der Waals surface area (Å²) >= 11 is 0. The first-order valence-corrected chi connectivity index (χ1v) is 8.56. The van der Waals surface area contributed by atoms with E-state index in [4.69, 9.17) is 9.15 Å². The Hall–Kier alpha value is -3.04. The summed E-state index contributed by atoms with van der Waals surface area (Å²) in [6, 6.07) is 4.22. The maximum atomic E-state index is 12.7. The van der Waals surface area contributed by atoms with Gasteiger partial charge in [0.15, 0.2) is 12.3 Å². The minimum Gasteiger partial charge on any atom is -0.484 e. The molecule has 1 aromatic heterocycles. The Morgan fingerprint density at radius 2 is 2.21 bits per heavy atom. The van der Waals surface area contributed by atoms with Crippen molar-refractivity contribution < 1.29 is 31.9 Å². The predicted octanol–water partition coefficient (Wildman–Crippen LogP) is 2.62. The molecule has 1 aliphatic rings. The van der Waals surface area contributed by atoms with E-state index in [0.717, 1.165) is 12.1 Å². The fourth-order valence-electron chi connectivity index (χ4n) is 2.73. The molecule has 1 atom stereocenters. The number of hydrogen-bond acceptors (Lipinski definition) is 5. The number of nitrogens with one attached hydrogen (secondary N) is 1. The van der Waals surface area contributed by atoms with Gasteiger partial charge in [0.25, 0.3) is 5.91 Å². The van der Waals surface area contributed by atoms with E-state index in [1.54, 1.807) is 6.92 Å². The van der Waals surface area contributed by atoms with Crippen LogP contribution in [-0.4, -0.2) is 40.8 Å². The summed E-state index contributed by atoms with van der Waals surface area (Å²) in [5, 5.41) is 2.71. The molecule has 1 aromatic carbocycles. The summed E-state index contributed by atoms with van der Waals surface area (Å²) in [4.78, 5) is 29.7. The normalized spacial score (nSPS) is 17.8. The van der Waals surface area contributed by atoms with Crippen LogP contribution < -0.4 is 10.1 Å². The molecule has 10 heteroatoms. The van der Waals surface area contributed by atoms with Crippen molar-refractivity contribution in [2.75, 3.05) is 13.1 Å². The molecule has 2 amide bonds. The van der Waals surface area contributed by atoms with Gasteiger partial charge in [-0.15, -0.1) is 0 Å². The molecular weight excluding hydrogens is 379 g/mol. The number of hydrogen-bond donors (Lipinski definition) is 1. The lowest BCUT2D eigenvalue weighted by atomic mass is 10.2. The van der Waals surface area contributed by atoms with Crippen LogP contribution in [0.1, 0.15) is 35.3 Å². The highest BCUT2D eigenvalue weighted by atomic mass is 19.4. The second-order valence-electron chi connectivity index (χ2n) is 6.34. The van der Waals surface area contributed by atoms with Crippen molar-refractivity contribution in [1.29, 1.82) is 0 Å². The smallest absolute Gasteiger partial charge is 0.416 e. The standard InChI is InChI=1S/C18H18F3N3O4/c1-11-8-22-15(25)5-6-24(11)17(26)14-9-28-16(23-14)10-27-13-4-2-3-12(7-13)18(19,20)21/h2-4,7,9,11H,5-6,8,10H2,1H3,(H,22,25)/t11-/m1/s1. The fraction of sp³-hybridized carbons (Fsp3) is 0.389. The number of halogens is 3. The van der Waals surface area contributed by atoms with Gasteiger partial charge in [-0.2, -0.15) is 13.2 Å². The average Bonchev–Trinajstić information content (AvgIpc) is 3.06. The van der Waals surface area contributed by atoms with Crippen molar-refractivity contribution in [2.45, 2.75) is 32.2 Å². The zero-order chi connectivity index (χ0) is 20.3. The summed E-state index contributed by atoms with van der Waals surface area (Å²) < 4.78 is 48.7. The van der Waals surface area contributed by atoms with E-state index in [9.17, 15) is 22.8 Å². The fourth-order valence-corrected chi connectivity index (χ4v) is 2.73. The van der Waals surface area contributed by atoms with Crippen molar-refractivity contribution in [1.82, 2.24) is 15.2 Å². The van der Waals surface area contributed by atoms with E-state index in [-0.39, 0.29) is 48.9 Å². The van der Waals surface area contributed by atoms with Gasteiger partial charge in [-0.05, 0) is 25.1 Å². The van der Waals surface area contributed by atoms with E-state index in [2.05, 4.69) is 10.3 Å². The van der Waals surface area contributed by atoms with Gasteiger partial charge < -0.3 is 19.4 Å². The van der Waals surface area contributed by atoms with Crippen LogP contribution in [0.2, 0.25) is 0 Å². The lowest BCUT2D eigenvalue weighted by Crippen LogP contribution is -2.42. The summed E-state index contributed by atoms with van der Waals surface area (Å²) in [5.41, 5.74) is -0.782. The monoisotopic (exact) mass is 397 g/mol. The molecule has 7 nitrogen and oxygen atoms in total. The first-order chi connectivity index (χ1) is 13.2. The average molecular weight is 397 g/mol. The Morgan fingerprint density at radius 3 is 2.96 bits per heavy atom. The van der Waals surface area contributed by atoms with E-state index in [1.807, 2.05) is 0 Å². The molecule has 1 aliphatic heterocycles. The van der Waals surface area contributed by atoms with Crippen molar-refractivity contribution in [3.05, 3.63) is 47.7 Å². The van der Waals surface area contributed by atoms with Crippen LogP contribution in [-0.2, 0) is 17.6 Å². The number of carbonyl (C=O) groups is 2. The molecule has 0 radical (unpaired) electrons. The Balaban J connectivity index is 1.64. The molecule has 2 aromatic rings. The number of nitrogens with zero attached hydrogens (tertiary/aromatic N) is 2. The van der Waals surface area contributed by atoms with Crippen LogP contribution in [0.4, 0.5) is 13.2 Å². The summed E-state index contributed by atoms with van der Waals surface area (Å²) in [6.45, 7) is 2.17. The van der Waals surface area contributed by atoms with E-state index < -0.39 is 17.6 Å². The number of oxazole rings is 1. The second-order valence-corrected chi connectivity index (χ2v) is 6.34. The Bertz CT molecular complexity index is 866. The zero-order valence-corrected chi connectivity index (χ0v) is 15.0. The number of alkyl halides is 3. The van der Waals surface area contributed by atoms with Gasteiger partial charge in [0.05, 0.1) is 5.56 Å². The van der Waals surface area contributed by atoms with E-state index in [0.29, 0.717) is 6.54 Å². The van der Waals surface area contributed by atoms with Gasteiger partial charge in [0.1, 0.15) is 12.0 Å². The minimum atomic E-state index is -4.47. The summed E-state index contributed by atoms with van der Waals surface area (Å²) in [6.07, 6.45) is -3.11. The van der Waals surface area contributed by atoms with Crippen LogP contribution in [0.5, 0.6) is 5.75 Å². The van der Waals surface area contributed by atoms with E-state index in [1.165, 1.54) is 23.3 Å². The van der Waals surface area contributed by atoms with Gasteiger partial charge in [0, 0.05) is 25.6 Å². The van der Waals surface area contributed by atoms with Gasteiger partial charge in [-0.1, -0.05) is 6.07 Å². The summed E-state index contributed by atoms with van der Waals surface area (Å²) in [5.74, 6) is -0.459. The highest BCUT2D eigenvalue weighted by Gasteiger charge is 2.31. The van der Waals surface area contributed by atoms with Gasteiger partial charge in [-0.3, -0.25) is 9.59 Å². The molecule has 2 heterocycles. The maximum Gasteiger partial charge on any atom is 0.416 e. The van der Waals surface area contributed by atoms with Crippen molar-refractivity contribution in [2.24, 2.45) is 0 Å². The number of ether oxygens (including phenoxy) is 1. The van der Waals surface area contributed by atoms with Crippen molar-refractivity contribution in [3.8, 4) is 5.75 Å². The number of carbonyl (C=O) groups excluding carboxylic acids is 2. The quantitative estimate of drug-likeness (QED) is 0.858. The first-order valence-electron chi connectivity index (χ1n) is 8.56. The minimum absolute atomic E-state index is 0.00614. The number of benzene rings is 1. The predicted molar refractivity (Wildman–Crippen MR) is 90.4 cm³/mol. The van der Waals surface area contributed by atoms with E-state index >= 15 is 0 Å². The molecule has 1 N–H and O–H groups in total. The lowest BCUT2D eigenvalue weighted by molar-refractivity contribution is -0.137. The number of rotatable bonds is 4. The molecule has 0 bridgehead atoms. The first kappa shape index (κ1) is 19.7. The van der Waals surface area contributed by atoms with Crippen LogP contribution in [0.25, 0.3) is 0 Å². The van der Waals surface area contributed by atoms with Crippen LogP contribution in [0, 0.1) is 0 Å². The molecule has 1 fully saturated rings. The third-order valence-corrected chi connectivity index (χ3v) is 4.26. The molecular formula is C18H18F3N3O4. The molecule has 3 rings (SSSR count). The highest BCUT2D eigenvalue weighted by Crippen LogP contribution is 2.31. The molecule has 150 valence electrons. The number of aromatic nitrogens is 1. The lowest BCUT2D eigenvalue weighted by Gasteiger charge is -2.25. The number of amides is 2. The Labute approximate surface area is 158 Å². The molecule has 0 saturated carbocycles. The third-order valence-electron chi connectivity index (χ3n) is 4.26. The topological polar surface area (TPSA) is 84.7 Å². The molecule has 0 aliphatic carbocycles. The largest absolute Gasteiger partial charge is 0.484 e. The zero-order valence-electron chi connectivity index (χ0n) is 15.0. The van der Waals surface area contributed by atoms with Crippen LogP contribution in [0.15, 0.2) is 34.9 Å². The van der Waals surface area contributed by atoms with Crippen LogP contribution in [0.3, 0.4) is 0 Å². The molecule has 1 saturated heterocycles. The molecule has 28 heavy (non-hydrogen) atoms. The maximum absolute atomic E-state index is 12.7. The van der Waals surface area contributed by atoms with Gasteiger partial charge in [-0.25, -0.2) is 4.98 Å². The third kappa shape index (κ3) is 4.62. The van der Waals surface area contributed by atoms with Crippen LogP contribution >= 0.6 is 0 Å². The SMILES string of the molecule is C[C@@H]1CNC(=O)CCN1C(=O)c1coc(COc2cccc(C(F)(F)F)c2)n1. The molecule has 0 spiro atoms.